The van der Waals surface area contributed by atoms with Gasteiger partial charge in [0.05, 0.1) is 0 Å². The fourth-order valence-electron chi connectivity index (χ4n) is 2.01. The van der Waals surface area contributed by atoms with Gasteiger partial charge in [-0.3, -0.25) is 0 Å². The maximum absolute atomic E-state index is 4.27. The van der Waals surface area contributed by atoms with Gasteiger partial charge in [0.15, 0.2) is 0 Å². The van der Waals surface area contributed by atoms with Gasteiger partial charge in [0.2, 0.25) is 0 Å². The summed E-state index contributed by atoms with van der Waals surface area (Å²) >= 11 is 0. The van der Waals surface area contributed by atoms with Crippen LogP contribution in [0.25, 0.3) is 0 Å². The lowest BCUT2D eigenvalue weighted by atomic mass is 10.1. The number of anilines is 2. The Balaban J connectivity index is 1.92. The topological polar surface area (TPSA) is 49.8 Å². The van der Waals surface area contributed by atoms with Crippen molar-refractivity contribution in [2.75, 3.05) is 17.2 Å². The molecule has 1 aliphatic carbocycles. The van der Waals surface area contributed by atoms with Crippen molar-refractivity contribution in [2.24, 2.45) is 5.92 Å². The second-order valence-electron chi connectivity index (χ2n) is 4.75. The second-order valence-corrected chi connectivity index (χ2v) is 4.75. The van der Waals surface area contributed by atoms with Crippen molar-refractivity contribution in [3.8, 4) is 0 Å². The maximum atomic E-state index is 4.27. The summed E-state index contributed by atoms with van der Waals surface area (Å²) in [6.45, 7) is 5.18. The molecule has 4 nitrogen and oxygen atoms in total. The molecular formula is C13H22N4. The van der Waals surface area contributed by atoms with E-state index in [1.807, 2.05) is 6.07 Å². The number of hydrogen-bond acceptors (Lipinski definition) is 4. The van der Waals surface area contributed by atoms with Crippen LogP contribution in [-0.2, 0) is 0 Å². The van der Waals surface area contributed by atoms with Crippen LogP contribution < -0.4 is 10.6 Å². The third kappa shape index (κ3) is 3.88. The van der Waals surface area contributed by atoms with Crippen LogP contribution in [-0.4, -0.2) is 22.6 Å². The van der Waals surface area contributed by atoms with Gasteiger partial charge in [-0.05, 0) is 25.7 Å². The molecule has 1 fully saturated rings. The summed E-state index contributed by atoms with van der Waals surface area (Å²) in [6.07, 6.45) is 6.85. The summed E-state index contributed by atoms with van der Waals surface area (Å²) in [5.74, 6) is 2.78. The molecule has 0 amide bonds. The smallest absolute Gasteiger partial charge is 0.131 e. The first-order chi connectivity index (χ1) is 8.31. The van der Waals surface area contributed by atoms with Gasteiger partial charge in [0, 0.05) is 18.7 Å². The Morgan fingerprint density at radius 3 is 2.71 bits per heavy atom. The van der Waals surface area contributed by atoms with Crippen LogP contribution in [0.3, 0.4) is 0 Å². The first-order valence-corrected chi connectivity index (χ1v) is 6.64. The van der Waals surface area contributed by atoms with E-state index in [-0.39, 0.29) is 0 Å². The first kappa shape index (κ1) is 12.1. The number of nitrogens with zero attached hydrogens (tertiary/aromatic N) is 2. The fraction of sp³-hybridized carbons (Fsp3) is 0.692. The van der Waals surface area contributed by atoms with E-state index < -0.39 is 0 Å². The van der Waals surface area contributed by atoms with Crippen molar-refractivity contribution in [3.05, 3.63) is 12.4 Å². The molecule has 0 aliphatic heterocycles. The van der Waals surface area contributed by atoms with Crippen LogP contribution in [0.4, 0.5) is 11.6 Å². The summed E-state index contributed by atoms with van der Waals surface area (Å²) in [4.78, 5) is 8.45. The number of hydrogen-bond donors (Lipinski definition) is 2. The van der Waals surface area contributed by atoms with Crippen molar-refractivity contribution in [1.29, 1.82) is 0 Å². The van der Waals surface area contributed by atoms with E-state index in [0.29, 0.717) is 6.04 Å². The van der Waals surface area contributed by atoms with Crippen molar-refractivity contribution < 1.29 is 0 Å². The van der Waals surface area contributed by atoms with Crippen molar-refractivity contribution >= 4 is 11.6 Å². The van der Waals surface area contributed by atoms with Gasteiger partial charge >= 0.3 is 0 Å². The maximum Gasteiger partial charge on any atom is 0.131 e. The molecular weight excluding hydrogens is 212 g/mol. The zero-order valence-corrected chi connectivity index (χ0v) is 10.7. The Hall–Kier alpha value is -1.32. The molecule has 0 bridgehead atoms. The highest BCUT2D eigenvalue weighted by Gasteiger charge is 2.24. The van der Waals surface area contributed by atoms with Crippen LogP contribution in [0.2, 0.25) is 0 Å². The van der Waals surface area contributed by atoms with E-state index in [4.69, 9.17) is 0 Å². The van der Waals surface area contributed by atoms with Crippen LogP contribution >= 0.6 is 0 Å². The largest absolute Gasteiger partial charge is 0.370 e. The number of aromatic nitrogens is 2. The van der Waals surface area contributed by atoms with Crippen LogP contribution in [0.15, 0.2) is 12.4 Å². The Labute approximate surface area is 103 Å². The van der Waals surface area contributed by atoms with Gasteiger partial charge in [-0.1, -0.05) is 19.8 Å². The van der Waals surface area contributed by atoms with Crippen LogP contribution in [0, 0.1) is 5.92 Å². The third-order valence-electron chi connectivity index (χ3n) is 3.18. The third-order valence-corrected chi connectivity index (χ3v) is 3.18. The average molecular weight is 234 g/mol. The molecule has 4 heteroatoms. The minimum absolute atomic E-state index is 0.548. The molecule has 1 unspecified atom stereocenters. The highest BCUT2D eigenvalue weighted by Crippen LogP contribution is 2.34. The molecule has 1 aliphatic rings. The molecule has 1 aromatic rings. The molecule has 0 spiro atoms. The van der Waals surface area contributed by atoms with Gasteiger partial charge in [0.1, 0.15) is 18.0 Å². The molecule has 1 heterocycles. The SMILES string of the molecule is CCNc1cc(NC(CC)CC2CC2)ncn1. The van der Waals surface area contributed by atoms with Crippen LogP contribution in [0.5, 0.6) is 0 Å². The highest BCUT2D eigenvalue weighted by molar-refractivity contribution is 5.46. The molecule has 1 saturated carbocycles. The predicted octanol–water partition coefficient (Wildman–Crippen LogP) is 2.90. The molecule has 0 saturated heterocycles. The van der Waals surface area contributed by atoms with Gasteiger partial charge < -0.3 is 10.6 Å². The summed E-state index contributed by atoms with van der Waals surface area (Å²) < 4.78 is 0. The standard InChI is InChI=1S/C13H22N4/c1-3-11(7-10-5-6-10)17-13-8-12(14-4-2)15-9-16-13/h8-11H,3-7H2,1-2H3,(H2,14,15,16,17). The Morgan fingerprint density at radius 2 is 2.06 bits per heavy atom. The van der Waals surface area contributed by atoms with Gasteiger partial charge in [-0.15, -0.1) is 0 Å². The lowest BCUT2D eigenvalue weighted by Crippen LogP contribution is -2.20. The second kappa shape index (κ2) is 5.84. The molecule has 17 heavy (non-hydrogen) atoms. The minimum atomic E-state index is 0.548. The van der Waals surface area contributed by atoms with Gasteiger partial charge in [-0.2, -0.15) is 0 Å². The molecule has 0 aromatic carbocycles. The first-order valence-electron chi connectivity index (χ1n) is 6.64. The summed E-state index contributed by atoms with van der Waals surface area (Å²) in [6, 6.07) is 2.53. The summed E-state index contributed by atoms with van der Waals surface area (Å²) in [7, 11) is 0. The lowest BCUT2D eigenvalue weighted by Gasteiger charge is -2.17. The van der Waals surface area contributed by atoms with E-state index in [0.717, 1.165) is 30.5 Å². The Bertz CT molecular complexity index is 349. The van der Waals surface area contributed by atoms with Crippen molar-refractivity contribution in [2.45, 2.75) is 45.6 Å². The highest BCUT2D eigenvalue weighted by atomic mass is 15.1. The molecule has 94 valence electrons. The zero-order valence-electron chi connectivity index (χ0n) is 10.7. The molecule has 1 atom stereocenters. The lowest BCUT2D eigenvalue weighted by molar-refractivity contribution is 0.585. The van der Waals surface area contributed by atoms with E-state index in [9.17, 15) is 0 Å². The minimum Gasteiger partial charge on any atom is -0.370 e. The van der Waals surface area contributed by atoms with E-state index >= 15 is 0 Å². The molecule has 2 rings (SSSR count). The van der Waals surface area contributed by atoms with Crippen molar-refractivity contribution in [3.63, 3.8) is 0 Å². The van der Waals surface area contributed by atoms with Crippen LogP contribution in [0.1, 0.15) is 39.5 Å². The Morgan fingerprint density at radius 1 is 1.29 bits per heavy atom. The van der Waals surface area contributed by atoms with E-state index in [2.05, 4.69) is 34.4 Å². The van der Waals surface area contributed by atoms with E-state index in [1.165, 1.54) is 19.3 Å². The summed E-state index contributed by atoms with van der Waals surface area (Å²) in [5, 5.41) is 6.71. The Kier molecular flexibility index (Phi) is 4.18. The van der Waals surface area contributed by atoms with Crippen molar-refractivity contribution in [1.82, 2.24) is 9.97 Å². The molecule has 2 N–H and O–H groups in total. The monoisotopic (exact) mass is 234 g/mol. The normalized spacial score (nSPS) is 16.6. The summed E-state index contributed by atoms with van der Waals surface area (Å²) in [5.41, 5.74) is 0. The van der Waals surface area contributed by atoms with Gasteiger partial charge in [0.25, 0.3) is 0 Å². The fourth-order valence-corrected chi connectivity index (χ4v) is 2.01. The van der Waals surface area contributed by atoms with E-state index in [1.54, 1.807) is 6.33 Å². The molecule has 1 aromatic heterocycles. The quantitative estimate of drug-likeness (QED) is 0.761. The predicted molar refractivity (Wildman–Crippen MR) is 71.2 cm³/mol. The van der Waals surface area contributed by atoms with Gasteiger partial charge in [-0.25, -0.2) is 9.97 Å². The molecule has 0 radical (unpaired) electrons. The zero-order chi connectivity index (χ0) is 12.1. The number of nitrogens with one attached hydrogen (secondary N) is 2. The number of rotatable bonds is 7. The average Bonchev–Trinajstić information content (AvgIpc) is 3.13.